The summed E-state index contributed by atoms with van der Waals surface area (Å²) in [4.78, 5) is 80.6. The first-order chi connectivity index (χ1) is 23.7. The minimum Gasteiger partial charge on any atom is -0.346 e. The van der Waals surface area contributed by atoms with Gasteiger partial charge in [0.05, 0.1) is 36.6 Å². The number of nitrogens with one attached hydrogen (secondary N) is 3. The van der Waals surface area contributed by atoms with Crippen LogP contribution in [0.2, 0.25) is 0 Å². The van der Waals surface area contributed by atoms with Crippen LogP contribution >= 0.6 is 15.9 Å². The van der Waals surface area contributed by atoms with Crippen LogP contribution in [0, 0.1) is 11.8 Å². The van der Waals surface area contributed by atoms with Gasteiger partial charge in [-0.05, 0) is 38.5 Å². The lowest BCUT2D eigenvalue weighted by Crippen LogP contribution is -2.45. The minimum absolute atomic E-state index is 0.0131. The number of nitrogens with zero attached hydrogens (tertiary/aromatic N) is 3. The SMILES string of the molecule is CCCCC[C@H](NC(=O)C1CCCC1)C(=O)CBr.CCCCC[C@H](NC(=O)C1CCCC1)C(=O)Cn1cnccc1=O.O=c1ccnc[nH]1. The Morgan fingerprint density at radius 1 is 0.796 bits per heavy atom. The lowest BCUT2D eigenvalue weighted by molar-refractivity contribution is -0.130. The molecule has 2 saturated carbocycles. The molecule has 2 aromatic rings. The number of aromatic amines is 1. The fraction of sp³-hybridized carbons (Fsp3) is 0.667. The summed E-state index contributed by atoms with van der Waals surface area (Å²) in [7, 11) is 0. The standard InChI is InChI=1S/C18H27N3O3.C14H24BrNO2.C4H4N2O/c1-2-3-4-9-15(20-18(24)14-7-5-6-8-14)16(22)12-21-13-19-11-10-17(21)23;1-2-3-4-9-12(13(17)10-15)16-14(18)11-7-5-6-8-11;7-4-1-2-5-3-6-4/h10-11,13-15H,2-9,12H2,1H3,(H,20,24);11-12H,2-10H2,1H3,(H,16,18);1-3H,(H,5,6,7)/t15-;12-;/m00./s1. The molecule has 0 saturated heterocycles. The fourth-order valence-electron chi connectivity index (χ4n) is 5.95. The van der Waals surface area contributed by atoms with E-state index >= 15 is 0 Å². The second-order valence-corrected chi connectivity index (χ2v) is 13.4. The van der Waals surface area contributed by atoms with Crippen LogP contribution in [-0.4, -0.2) is 60.3 Å². The third kappa shape index (κ3) is 16.7. The third-order valence-corrected chi connectivity index (χ3v) is 9.45. The van der Waals surface area contributed by atoms with E-state index in [4.69, 9.17) is 0 Å². The first kappa shape index (κ1) is 41.7. The molecule has 272 valence electrons. The van der Waals surface area contributed by atoms with E-state index in [1.54, 1.807) is 0 Å². The molecule has 2 aliphatic carbocycles. The van der Waals surface area contributed by atoms with Gasteiger partial charge in [0.2, 0.25) is 11.8 Å². The highest BCUT2D eigenvalue weighted by Gasteiger charge is 2.28. The number of H-pyrrole nitrogens is 1. The molecule has 4 rings (SSSR count). The zero-order chi connectivity index (χ0) is 35.9. The molecule has 2 atom stereocenters. The van der Waals surface area contributed by atoms with Crippen LogP contribution in [0.1, 0.15) is 117 Å². The van der Waals surface area contributed by atoms with Crippen LogP contribution < -0.4 is 21.8 Å². The van der Waals surface area contributed by atoms with Gasteiger partial charge in [-0.25, -0.2) is 9.97 Å². The lowest BCUT2D eigenvalue weighted by atomic mass is 10.0. The Kier molecular flexibility index (Phi) is 20.9. The second kappa shape index (κ2) is 24.6. The summed E-state index contributed by atoms with van der Waals surface area (Å²) in [5.74, 6) is 0.212. The van der Waals surface area contributed by atoms with Crippen molar-refractivity contribution in [1.29, 1.82) is 0 Å². The molecule has 13 heteroatoms. The summed E-state index contributed by atoms with van der Waals surface area (Å²) < 4.78 is 1.29. The first-order valence-corrected chi connectivity index (χ1v) is 19.0. The van der Waals surface area contributed by atoms with Gasteiger partial charge in [0.15, 0.2) is 11.6 Å². The number of unbranched alkanes of at least 4 members (excludes halogenated alkanes) is 4. The molecule has 2 amide bonds. The second-order valence-electron chi connectivity index (χ2n) is 12.8. The van der Waals surface area contributed by atoms with Crippen molar-refractivity contribution in [1.82, 2.24) is 30.2 Å². The minimum atomic E-state index is -0.517. The maximum Gasteiger partial charge on any atom is 0.253 e. The quantitative estimate of drug-likeness (QED) is 0.149. The van der Waals surface area contributed by atoms with Crippen molar-refractivity contribution in [3.8, 4) is 0 Å². The lowest BCUT2D eigenvalue weighted by Gasteiger charge is -2.20. The number of ketones is 2. The van der Waals surface area contributed by atoms with Crippen LogP contribution in [0.4, 0.5) is 0 Å². The summed E-state index contributed by atoms with van der Waals surface area (Å²) >= 11 is 3.20. The number of aromatic nitrogens is 4. The Labute approximate surface area is 298 Å². The van der Waals surface area contributed by atoms with E-state index in [0.717, 1.165) is 96.3 Å². The van der Waals surface area contributed by atoms with Gasteiger partial charge in [0.1, 0.15) is 0 Å². The van der Waals surface area contributed by atoms with Gasteiger partial charge in [-0.15, -0.1) is 0 Å². The Hall–Kier alpha value is -3.48. The average molecular weight is 748 g/mol. The van der Waals surface area contributed by atoms with Crippen molar-refractivity contribution >= 4 is 39.3 Å². The molecule has 0 spiro atoms. The van der Waals surface area contributed by atoms with E-state index in [0.29, 0.717) is 11.8 Å². The molecule has 12 nitrogen and oxygen atoms in total. The number of carbonyl (C=O) groups is 4. The molecule has 49 heavy (non-hydrogen) atoms. The molecular weight excluding hydrogens is 692 g/mol. The van der Waals surface area contributed by atoms with Crippen LogP contribution in [-0.2, 0) is 25.7 Å². The largest absolute Gasteiger partial charge is 0.346 e. The highest BCUT2D eigenvalue weighted by molar-refractivity contribution is 9.09. The summed E-state index contributed by atoms with van der Waals surface area (Å²) in [6, 6.07) is 1.89. The zero-order valence-corrected chi connectivity index (χ0v) is 30.8. The number of hydrogen-bond acceptors (Lipinski definition) is 8. The third-order valence-electron chi connectivity index (χ3n) is 8.90. The first-order valence-electron chi connectivity index (χ1n) is 17.9. The number of amides is 2. The maximum atomic E-state index is 12.6. The van der Waals surface area contributed by atoms with Crippen molar-refractivity contribution in [3.63, 3.8) is 0 Å². The molecule has 2 aromatic heterocycles. The zero-order valence-electron chi connectivity index (χ0n) is 29.2. The van der Waals surface area contributed by atoms with Gasteiger partial charge in [-0.3, -0.25) is 33.3 Å². The Morgan fingerprint density at radius 2 is 1.31 bits per heavy atom. The topological polar surface area (TPSA) is 173 Å². The van der Waals surface area contributed by atoms with Crippen LogP contribution in [0.5, 0.6) is 0 Å². The molecule has 3 N–H and O–H groups in total. The number of rotatable bonds is 17. The van der Waals surface area contributed by atoms with Gasteiger partial charge in [0, 0.05) is 36.4 Å². The summed E-state index contributed by atoms with van der Waals surface area (Å²) in [5.41, 5.74) is -0.372. The smallest absolute Gasteiger partial charge is 0.253 e. The summed E-state index contributed by atoms with van der Waals surface area (Å²) in [6.45, 7) is 4.19. The molecule has 2 aliphatic rings. The van der Waals surface area contributed by atoms with Crippen LogP contribution in [0.25, 0.3) is 0 Å². The van der Waals surface area contributed by atoms with Crippen molar-refractivity contribution in [2.45, 2.75) is 135 Å². The molecule has 0 aliphatic heterocycles. The highest BCUT2D eigenvalue weighted by atomic mass is 79.9. The number of carbonyl (C=O) groups excluding carboxylic acids is 4. The van der Waals surface area contributed by atoms with Crippen molar-refractivity contribution < 1.29 is 19.2 Å². The molecule has 0 unspecified atom stereocenters. The predicted molar refractivity (Wildman–Crippen MR) is 193 cm³/mol. The van der Waals surface area contributed by atoms with Gasteiger partial charge in [0.25, 0.3) is 11.1 Å². The Morgan fingerprint density at radius 3 is 1.71 bits per heavy atom. The molecule has 2 fully saturated rings. The van der Waals surface area contributed by atoms with Gasteiger partial charge < -0.3 is 15.6 Å². The molecular formula is C36H55BrN6O6. The van der Waals surface area contributed by atoms with Crippen molar-refractivity contribution in [2.75, 3.05) is 5.33 Å². The maximum absolute atomic E-state index is 12.6. The van der Waals surface area contributed by atoms with E-state index in [9.17, 15) is 28.8 Å². The van der Waals surface area contributed by atoms with E-state index in [1.807, 2.05) is 0 Å². The Bertz CT molecular complexity index is 1370. The van der Waals surface area contributed by atoms with Crippen molar-refractivity contribution in [3.05, 3.63) is 57.9 Å². The normalized spacial score (nSPS) is 15.6. The highest BCUT2D eigenvalue weighted by Crippen LogP contribution is 2.26. The number of hydrogen-bond donors (Lipinski definition) is 3. The van der Waals surface area contributed by atoms with Gasteiger partial charge >= 0.3 is 0 Å². The van der Waals surface area contributed by atoms with E-state index in [2.05, 4.69) is 55.4 Å². The predicted octanol–water partition coefficient (Wildman–Crippen LogP) is 5.04. The van der Waals surface area contributed by atoms with Gasteiger partial charge in [-0.2, -0.15) is 0 Å². The molecule has 0 radical (unpaired) electrons. The molecule has 0 bridgehead atoms. The van der Waals surface area contributed by atoms with Gasteiger partial charge in [-0.1, -0.05) is 94.0 Å². The van der Waals surface area contributed by atoms with E-state index < -0.39 is 6.04 Å². The number of Topliss-reactive ketones (excluding diaryl/α,β-unsaturated/α-hetero) is 2. The number of halogens is 1. The van der Waals surface area contributed by atoms with Crippen molar-refractivity contribution in [2.24, 2.45) is 11.8 Å². The average Bonchev–Trinajstić information content (AvgIpc) is 3.85. The van der Waals surface area contributed by atoms with E-state index in [-0.39, 0.29) is 58.9 Å². The molecule has 0 aromatic carbocycles. The summed E-state index contributed by atoms with van der Waals surface area (Å²) in [6.07, 6.45) is 21.4. The van der Waals surface area contributed by atoms with Crippen LogP contribution in [0.15, 0.2) is 46.8 Å². The Balaban J connectivity index is 0.000000291. The van der Waals surface area contributed by atoms with E-state index in [1.165, 1.54) is 41.7 Å². The summed E-state index contributed by atoms with van der Waals surface area (Å²) in [5, 5.41) is 6.21. The van der Waals surface area contributed by atoms with Crippen LogP contribution in [0.3, 0.4) is 0 Å². The monoisotopic (exact) mass is 746 g/mol. The fourth-order valence-corrected chi connectivity index (χ4v) is 6.34. The number of alkyl halides is 1. The molecule has 2 heterocycles.